The Hall–Kier alpha value is 0.1000. The van der Waals surface area contributed by atoms with E-state index in [0.717, 1.165) is 0 Å². The second-order valence-electron chi connectivity index (χ2n) is 4.54. The van der Waals surface area contributed by atoms with Gasteiger partial charge in [-0.1, -0.05) is 0 Å². The molecule has 11 nitrogen and oxygen atoms in total. The number of nitrogens with one attached hydrogen (secondary N) is 2. The molecule has 0 amide bonds. The minimum absolute atomic E-state index is 0.402. The van der Waals surface area contributed by atoms with Gasteiger partial charge in [-0.3, -0.25) is 0 Å². The van der Waals surface area contributed by atoms with Crippen LogP contribution in [0.2, 0.25) is 0 Å². The smallest absolute Gasteiger partial charge is 0.314 e. The maximum Gasteiger partial charge on any atom is 0.517 e. The molecule has 2 rings (SSSR count). The topological polar surface area (TPSA) is 133 Å². The monoisotopic (exact) mass is 346 g/mol. The van der Waals surface area contributed by atoms with Crippen molar-refractivity contribution in [3.63, 3.8) is 0 Å². The second kappa shape index (κ2) is 7.58. The fraction of sp³-hybridized carbons (Fsp3) is 1.00. The van der Waals surface area contributed by atoms with Crippen molar-refractivity contribution in [1.29, 1.82) is 0 Å². The highest BCUT2D eigenvalue weighted by atomic mass is 31.3. The van der Waals surface area contributed by atoms with Crippen LogP contribution in [-0.2, 0) is 22.7 Å². The summed E-state index contributed by atoms with van der Waals surface area (Å²) in [5, 5.41) is 8.76. The van der Waals surface area contributed by atoms with Gasteiger partial charge in [0.25, 0.3) is 0 Å². The second-order valence-corrected chi connectivity index (χ2v) is 7.40. The van der Waals surface area contributed by atoms with Gasteiger partial charge in [0.05, 0.1) is 0 Å². The van der Waals surface area contributed by atoms with Gasteiger partial charge in [0.15, 0.2) is 0 Å². The van der Waals surface area contributed by atoms with Gasteiger partial charge in [-0.15, -0.1) is 0 Å². The molecule has 0 saturated carbocycles. The largest absolute Gasteiger partial charge is 0.517 e. The first kappa shape index (κ1) is 17.5. The van der Waals surface area contributed by atoms with Crippen molar-refractivity contribution < 1.29 is 32.5 Å². The molecular formula is C8H20N4O7P2. The van der Waals surface area contributed by atoms with Gasteiger partial charge in [-0.05, 0) is 0 Å². The molecule has 0 atom stereocenters. The lowest BCUT2D eigenvalue weighted by Gasteiger charge is -2.32. The Bertz CT molecular complexity index is 397. The number of phosphoric acid groups is 2. The van der Waals surface area contributed by atoms with Crippen molar-refractivity contribution in [2.75, 3.05) is 52.4 Å². The third-order valence-electron chi connectivity index (χ3n) is 2.79. The predicted molar refractivity (Wildman–Crippen MR) is 71.8 cm³/mol. The summed E-state index contributed by atoms with van der Waals surface area (Å²) in [4.78, 5) is 17.8. The minimum atomic E-state index is -5.02. The Balaban J connectivity index is 2.01. The standard InChI is InChI=1S/C8H20N4O7P2/c13-20(14,15)19-21(16,17-11-5-1-9-2-6-11)18-12-7-3-10-4-8-12/h9-10H,1-8H2,(H2,13,14,15). The average molecular weight is 346 g/mol. The fourth-order valence-electron chi connectivity index (χ4n) is 1.91. The lowest BCUT2D eigenvalue weighted by molar-refractivity contribution is -0.145. The molecule has 2 saturated heterocycles. The van der Waals surface area contributed by atoms with Crippen LogP contribution in [-0.4, -0.2) is 72.3 Å². The third-order valence-corrected chi connectivity index (χ3v) is 5.30. The SMILES string of the molecule is O=P(O)(O)OP(=O)(ON1CCNCC1)ON1CCNCC1. The summed E-state index contributed by atoms with van der Waals surface area (Å²) in [5.74, 6) is 0. The summed E-state index contributed by atoms with van der Waals surface area (Å²) >= 11 is 0. The summed E-state index contributed by atoms with van der Waals surface area (Å²) in [6.45, 7) is 4.01. The summed E-state index contributed by atoms with van der Waals surface area (Å²) in [6, 6.07) is 0. The van der Waals surface area contributed by atoms with Crippen molar-refractivity contribution in [2.45, 2.75) is 0 Å². The first-order valence-electron chi connectivity index (χ1n) is 6.54. The van der Waals surface area contributed by atoms with Crippen LogP contribution in [0.5, 0.6) is 0 Å². The van der Waals surface area contributed by atoms with Gasteiger partial charge >= 0.3 is 15.6 Å². The van der Waals surface area contributed by atoms with E-state index in [0.29, 0.717) is 52.4 Å². The summed E-state index contributed by atoms with van der Waals surface area (Å²) in [6.07, 6.45) is 0. The Kier molecular flexibility index (Phi) is 6.30. The molecule has 124 valence electrons. The quantitative estimate of drug-likeness (QED) is 0.436. The Labute approximate surface area is 122 Å². The number of hydroxylamine groups is 4. The Morgan fingerprint density at radius 2 is 1.19 bits per heavy atom. The van der Waals surface area contributed by atoms with E-state index in [1.54, 1.807) is 0 Å². The Morgan fingerprint density at radius 1 is 0.810 bits per heavy atom. The van der Waals surface area contributed by atoms with Crippen LogP contribution in [0, 0.1) is 0 Å². The van der Waals surface area contributed by atoms with Crippen molar-refractivity contribution in [3.8, 4) is 0 Å². The first-order valence-corrected chi connectivity index (χ1v) is 9.53. The van der Waals surface area contributed by atoms with Crippen molar-refractivity contribution in [1.82, 2.24) is 20.8 Å². The van der Waals surface area contributed by atoms with Crippen LogP contribution in [0.3, 0.4) is 0 Å². The number of hydrogen-bond donors (Lipinski definition) is 4. The summed E-state index contributed by atoms with van der Waals surface area (Å²) < 4.78 is 38.0. The maximum absolute atomic E-state index is 12.5. The van der Waals surface area contributed by atoms with E-state index in [1.165, 1.54) is 10.1 Å². The van der Waals surface area contributed by atoms with Gasteiger partial charge in [0, 0.05) is 52.4 Å². The molecular weight excluding hydrogens is 326 g/mol. The summed E-state index contributed by atoms with van der Waals surface area (Å²) in [5.41, 5.74) is 0. The molecule has 21 heavy (non-hydrogen) atoms. The minimum Gasteiger partial charge on any atom is -0.314 e. The number of rotatable bonds is 6. The number of piperazine rings is 2. The van der Waals surface area contributed by atoms with Crippen LogP contribution in [0.4, 0.5) is 0 Å². The van der Waals surface area contributed by atoms with Gasteiger partial charge in [-0.2, -0.15) is 23.7 Å². The van der Waals surface area contributed by atoms with E-state index in [2.05, 4.69) is 14.9 Å². The normalized spacial score (nSPS) is 23.3. The van der Waals surface area contributed by atoms with Crippen LogP contribution in [0.25, 0.3) is 0 Å². The van der Waals surface area contributed by atoms with Crippen molar-refractivity contribution >= 4 is 15.6 Å². The Morgan fingerprint density at radius 3 is 1.52 bits per heavy atom. The third kappa shape index (κ3) is 6.39. The predicted octanol–water partition coefficient (Wildman–Crippen LogP) is -1.12. The van der Waals surface area contributed by atoms with E-state index in [1.807, 2.05) is 0 Å². The molecule has 2 fully saturated rings. The van der Waals surface area contributed by atoms with Crippen LogP contribution >= 0.6 is 15.6 Å². The van der Waals surface area contributed by atoms with Gasteiger partial charge in [-0.25, -0.2) is 9.13 Å². The van der Waals surface area contributed by atoms with Crippen LogP contribution < -0.4 is 10.6 Å². The highest BCUT2D eigenvalue weighted by Crippen LogP contribution is 2.62. The number of hydrogen-bond acceptors (Lipinski definition) is 9. The highest BCUT2D eigenvalue weighted by molar-refractivity contribution is 7.61. The fourth-order valence-corrected chi connectivity index (χ4v) is 4.11. The molecule has 2 aliphatic rings. The molecule has 0 spiro atoms. The average Bonchev–Trinajstić information content (AvgIpc) is 2.38. The molecule has 0 unspecified atom stereocenters. The van der Waals surface area contributed by atoms with Crippen LogP contribution in [0.1, 0.15) is 0 Å². The first-order chi connectivity index (χ1) is 9.86. The molecule has 2 aliphatic heterocycles. The molecule has 4 N–H and O–H groups in total. The molecule has 13 heteroatoms. The zero-order valence-corrected chi connectivity index (χ0v) is 13.2. The van der Waals surface area contributed by atoms with E-state index in [-0.39, 0.29) is 0 Å². The number of nitrogens with zero attached hydrogens (tertiary/aromatic N) is 2. The molecule has 2 heterocycles. The van der Waals surface area contributed by atoms with E-state index in [9.17, 15) is 9.13 Å². The van der Waals surface area contributed by atoms with Gasteiger partial charge in [0.1, 0.15) is 0 Å². The van der Waals surface area contributed by atoms with E-state index in [4.69, 9.17) is 19.0 Å². The highest BCUT2D eigenvalue weighted by Gasteiger charge is 2.41. The van der Waals surface area contributed by atoms with E-state index >= 15 is 0 Å². The lowest BCUT2D eigenvalue weighted by Crippen LogP contribution is -2.45. The summed E-state index contributed by atoms with van der Waals surface area (Å²) in [7, 11) is -9.46. The maximum atomic E-state index is 12.5. The molecule has 0 aromatic heterocycles. The van der Waals surface area contributed by atoms with E-state index < -0.39 is 15.6 Å². The van der Waals surface area contributed by atoms with Gasteiger partial charge < -0.3 is 20.4 Å². The van der Waals surface area contributed by atoms with Crippen LogP contribution in [0.15, 0.2) is 0 Å². The molecule has 0 aromatic rings. The molecule has 0 bridgehead atoms. The zero-order valence-electron chi connectivity index (χ0n) is 11.4. The lowest BCUT2D eigenvalue weighted by atomic mass is 10.4. The molecule has 0 aromatic carbocycles. The molecule has 0 radical (unpaired) electrons. The molecule has 0 aliphatic carbocycles. The zero-order chi connectivity index (χ0) is 15.3. The van der Waals surface area contributed by atoms with Crippen molar-refractivity contribution in [3.05, 3.63) is 0 Å². The van der Waals surface area contributed by atoms with Gasteiger partial charge in [0.2, 0.25) is 0 Å². The van der Waals surface area contributed by atoms with Crippen molar-refractivity contribution in [2.24, 2.45) is 0 Å².